The number of hydrogen-bond donors (Lipinski definition) is 0. The molecule has 0 fully saturated rings. The molecule has 0 aliphatic rings. The van der Waals surface area contributed by atoms with Gasteiger partial charge in [-0.15, -0.1) is 13.2 Å². The van der Waals surface area contributed by atoms with Crippen LogP contribution in [0.1, 0.15) is 13.3 Å². The van der Waals surface area contributed by atoms with E-state index in [1.54, 1.807) is 18.3 Å². The van der Waals surface area contributed by atoms with Crippen molar-refractivity contribution in [2.24, 2.45) is 0 Å². The predicted octanol–water partition coefficient (Wildman–Crippen LogP) is 5.03. The van der Waals surface area contributed by atoms with Gasteiger partial charge in [-0.1, -0.05) is 24.2 Å². The minimum atomic E-state index is -4.77. The molecule has 154 valence electrons. The van der Waals surface area contributed by atoms with Crippen LogP contribution in [0.15, 0.2) is 64.0 Å². The van der Waals surface area contributed by atoms with Gasteiger partial charge < -0.3 is 13.8 Å². The van der Waals surface area contributed by atoms with Gasteiger partial charge in [-0.2, -0.15) is 4.98 Å². The van der Waals surface area contributed by atoms with Gasteiger partial charge in [0.1, 0.15) is 11.3 Å². The molecular formula is C21H16F3N3O3. The van der Waals surface area contributed by atoms with E-state index < -0.39 is 6.36 Å². The van der Waals surface area contributed by atoms with Crippen molar-refractivity contribution >= 4 is 10.9 Å². The zero-order chi connectivity index (χ0) is 21.3. The van der Waals surface area contributed by atoms with Crippen molar-refractivity contribution < 1.29 is 22.4 Å². The molecule has 0 saturated heterocycles. The van der Waals surface area contributed by atoms with E-state index in [1.807, 2.05) is 23.6 Å². The van der Waals surface area contributed by atoms with Crippen LogP contribution in [-0.4, -0.2) is 21.1 Å². The van der Waals surface area contributed by atoms with Gasteiger partial charge in [0.05, 0.1) is 5.52 Å². The molecule has 0 radical (unpaired) electrons. The van der Waals surface area contributed by atoms with Crippen LogP contribution in [0.5, 0.6) is 5.75 Å². The van der Waals surface area contributed by atoms with Crippen molar-refractivity contribution in [2.45, 2.75) is 26.3 Å². The normalized spacial score (nSPS) is 11.7. The number of alkyl halides is 3. The molecule has 0 amide bonds. The average molecular weight is 415 g/mol. The molecular weight excluding hydrogens is 399 g/mol. The Bertz CT molecular complexity index is 1240. The third-order valence-corrected chi connectivity index (χ3v) is 4.45. The summed E-state index contributed by atoms with van der Waals surface area (Å²) >= 11 is 0. The predicted molar refractivity (Wildman–Crippen MR) is 104 cm³/mol. The lowest BCUT2D eigenvalue weighted by Gasteiger charge is -2.11. The van der Waals surface area contributed by atoms with Gasteiger partial charge >= 0.3 is 6.36 Å². The SMILES string of the molecule is CCCn1cc(-c2nc(-c3ccc(OC(F)(F)F)cc3)no2)c(=O)c2ccccc21. The highest BCUT2D eigenvalue weighted by molar-refractivity contribution is 5.82. The van der Waals surface area contributed by atoms with E-state index in [9.17, 15) is 18.0 Å². The van der Waals surface area contributed by atoms with E-state index in [4.69, 9.17) is 4.52 Å². The van der Waals surface area contributed by atoms with Crippen molar-refractivity contribution in [2.75, 3.05) is 0 Å². The first-order valence-electron chi connectivity index (χ1n) is 9.18. The Morgan fingerprint density at radius 2 is 1.83 bits per heavy atom. The van der Waals surface area contributed by atoms with Crippen LogP contribution in [-0.2, 0) is 6.54 Å². The second-order valence-electron chi connectivity index (χ2n) is 6.58. The Balaban J connectivity index is 1.71. The van der Waals surface area contributed by atoms with Crippen molar-refractivity contribution in [3.8, 4) is 28.6 Å². The second kappa shape index (κ2) is 7.66. The summed E-state index contributed by atoms with van der Waals surface area (Å²) in [5.41, 5.74) is 1.27. The van der Waals surface area contributed by atoms with Crippen LogP contribution in [0.2, 0.25) is 0 Å². The molecule has 0 unspecified atom stereocenters. The number of aryl methyl sites for hydroxylation is 1. The number of halogens is 3. The molecule has 4 aromatic rings. The second-order valence-corrected chi connectivity index (χ2v) is 6.58. The number of nitrogens with zero attached hydrogens (tertiary/aromatic N) is 3. The third kappa shape index (κ3) is 3.91. The molecule has 0 N–H and O–H groups in total. The van der Waals surface area contributed by atoms with Crippen molar-refractivity contribution in [1.29, 1.82) is 0 Å². The number of ether oxygens (including phenoxy) is 1. The molecule has 30 heavy (non-hydrogen) atoms. The van der Waals surface area contributed by atoms with E-state index in [0.717, 1.165) is 24.1 Å². The minimum Gasteiger partial charge on any atom is -0.406 e. The van der Waals surface area contributed by atoms with E-state index >= 15 is 0 Å². The highest BCUT2D eigenvalue weighted by atomic mass is 19.4. The highest BCUT2D eigenvalue weighted by Gasteiger charge is 2.31. The maximum absolute atomic E-state index is 12.9. The quantitative estimate of drug-likeness (QED) is 0.457. The van der Waals surface area contributed by atoms with Crippen LogP contribution >= 0.6 is 0 Å². The molecule has 0 aliphatic carbocycles. The molecule has 4 rings (SSSR count). The molecule has 0 spiro atoms. The molecule has 0 aliphatic heterocycles. The summed E-state index contributed by atoms with van der Waals surface area (Å²) in [7, 11) is 0. The lowest BCUT2D eigenvalue weighted by Crippen LogP contribution is -2.16. The lowest BCUT2D eigenvalue weighted by atomic mass is 10.1. The summed E-state index contributed by atoms with van der Waals surface area (Å²) < 4.78 is 48.0. The number of para-hydroxylation sites is 1. The maximum Gasteiger partial charge on any atom is 0.573 e. The van der Waals surface area contributed by atoms with E-state index in [2.05, 4.69) is 14.9 Å². The van der Waals surface area contributed by atoms with E-state index in [1.165, 1.54) is 12.1 Å². The molecule has 2 aromatic heterocycles. The van der Waals surface area contributed by atoms with Crippen LogP contribution in [0.3, 0.4) is 0 Å². The smallest absolute Gasteiger partial charge is 0.406 e. The standard InChI is InChI=1S/C21H16F3N3O3/c1-2-11-27-12-16(18(28)15-5-3-4-6-17(15)27)20-25-19(26-30-20)13-7-9-14(10-8-13)29-21(22,23)24/h3-10,12H,2,11H2,1H3. The Labute approximate surface area is 168 Å². The number of aromatic nitrogens is 3. The Hall–Kier alpha value is -3.62. The minimum absolute atomic E-state index is 0.0428. The Morgan fingerprint density at radius 3 is 2.53 bits per heavy atom. The molecule has 9 heteroatoms. The van der Waals surface area contributed by atoms with Gasteiger partial charge in [0, 0.05) is 23.7 Å². The van der Waals surface area contributed by atoms with E-state index in [0.29, 0.717) is 17.5 Å². The van der Waals surface area contributed by atoms with Crippen LogP contribution in [0.4, 0.5) is 13.2 Å². The Morgan fingerprint density at radius 1 is 1.10 bits per heavy atom. The van der Waals surface area contributed by atoms with Crippen molar-refractivity contribution in [3.63, 3.8) is 0 Å². The lowest BCUT2D eigenvalue weighted by molar-refractivity contribution is -0.274. The zero-order valence-corrected chi connectivity index (χ0v) is 15.8. The van der Waals surface area contributed by atoms with Gasteiger partial charge in [0.2, 0.25) is 11.3 Å². The number of fused-ring (bicyclic) bond motifs is 1. The van der Waals surface area contributed by atoms with Crippen LogP contribution in [0, 0.1) is 0 Å². The first kappa shape index (κ1) is 19.7. The Kier molecular flexibility index (Phi) is 5.03. The van der Waals surface area contributed by atoms with Gasteiger partial charge in [0.15, 0.2) is 0 Å². The fraction of sp³-hybridized carbons (Fsp3) is 0.190. The summed E-state index contributed by atoms with van der Waals surface area (Å²) in [5, 5.41) is 4.41. The molecule has 2 heterocycles. The number of hydrogen-bond acceptors (Lipinski definition) is 5. The largest absolute Gasteiger partial charge is 0.573 e. The first-order chi connectivity index (χ1) is 14.4. The summed E-state index contributed by atoms with van der Waals surface area (Å²) in [4.78, 5) is 17.2. The summed E-state index contributed by atoms with van der Waals surface area (Å²) in [6, 6.07) is 12.3. The maximum atomic E-state index is 12.9. The zero-order valence-electron chi connectivity index (χ0n) is 15.8. The van der Waals surface area contributed by atoms with Crippen LogP contribution < -0.4 is 10.2 Å². The van der Waals surface area contributed by atoms with Crippen molar-refractivity contribution in [1.82, 2.24) is 14.7 Å². The summed E-state index contributed by atoms with van der Waals surface area (Å²) in [5.74, 6) is -0.161. The molecule has 2 aromatic carbocycles. The fourth-order valence-corrected chi connectivity index (χ4v) is 3.18. The van der Waals surface area contributed by atoms with Gasteiger partial charge in [-0.05, 0) is 42.8 Å². The topological polar surface area (TPSA) is 70.2 Å². The summed E-state index contributed by atoms with van der Waals surface area (Å²) in [6.45, 7) is 2.74. The van der Waals surface area contributed by atoms with E-state index in [-0.39, 0.29) is 28.5 Å². The monoisotopic (exact) mass is 415 g/mol. The highest BCUT2D eigenvalue weighted by Crippen LogP contribution is 2.27. The van der Waals surface area contributed by atoms with Crippen LogP contribution in [0.25, 0.3) is 33.7 Å². The molecule has 0 bridgehead atoms. The summed E-state index contributed by atoms with van der Waals surface area (Å²) in [6.07, 6.45) is -2.21. The number of benzene rings is 2. The van der Waals surface area contributed by atoms with Crippen molar-refractivity contribution in [3.05, 3.63) is 65.0 Å². The first-order valence-corrected chi connectivity index (χ1v) is 9.18. The number of rotatable bonds is 5. The number of pyridine rings is 1. The molecule has 6 nitrogen and oxygen atoms in total. The third-order valence-electron chi connectivity index (χ3n) is 4.45. The van der Waals surface area contributed by atoms with Gasteiger partial charge in [-0.25, -0.2) is 0 Å². The van der Waals surface area contributed by atoms with Gasteiger partial charge in [0.25, 0.3) is 5.89 Å². The van der Waals surface area contributed by atoms with Gasteiger partial charge in [-0.3, -0.25) is 4.79 Å². The fourth-order valence-electron chi connectivity index (χ4n) is 3.18. The average Bonchev–Trinajstić information content (AvgIpc) is 3.19. The molecule has 0 saturated carbocycles. The molecule has 0 atom stereocenters.